The molecule has 0 aliphatic heterocycles. The third-order valence-electron chi connectivity index (χ3n) is 3.10. The van der Waals surface area contributed by atoms with Crippen molar-refractivity contribution in [2.24, 2.45) is 0 Å². The van der Waals surface area contributed by atoms with Crippen LogP contribution in [0.15, 0.2) is 12.1 Å². The minimum absolute atomic E-state index is 0.0146. The Kier molecular flexibility index (Phi) is 6.03. The Labute approximate surface area is 154 Å². The lowest BCUT2D eigenvalue weighted by molar-refractivity contribution is 0.275. The molecule has 0 unspecified atom stereocenters. The van der Waals surface area contributed by atoms with Crippen molar-refractivity contribution in [3.8, 4) is 28.8 Å². The van der Waals surface area contributed by atoms with E-state index in [0.29, 0.717) is 36.0 Å². The van der Waals surface area contributed by atoms with Gasteiger partial charge in [-0.05, 0) is 48.1 Å². The molecule has 4 N–H and O–H groups in total. The van der Waals surface area contributed by atoms with Gasteiger partial charge in [0.2, 0.25) is 5.95 Å². The maximum Gasteiger partial charge on any atom is 0.222 e. The Bertz CT molecular complexity index is 789. The highest BCUT2D eigenvalue weighted by atomic mass is 127. The number of ether oxygens (including phenoxy) is 2. The van der Waals surface area contributed by atoms with Crippen LogP contribution in [0.25, 0.3) is 11.3 Å². The highest BCUT2D eigenvalue weighted by molar-refractivity contribution is 14.1. The molecule has 2 rings (SSSR count). The summed E-state index contributed by atoms with van der Waals surface area (Å²) in [6.07, 6.45) is 0.890. The zero-order chi connectivity index (χ0) is 17.7. The molecule has 8 heteroatoms. The lowest BCUT2D eigenvalue weighted by Gasteiger charge is -2.15. The largest absolute Gasteiger partial charge is 0.490 e. The molecule has 126 valence electrons. The van der Waals surface area contributed by atoms with Gasteiger partial charge in [-0.25, -0.2) is 4.98 Å². The molecule has 0 radical (unpaired) electrons. The van der Waals surface area contributed by atoms with Crippen molar-refractivity contribution in [2.75, 3.05) is 24.7 Å². The molecule has 0 atom stereocenters. The Hall–Kier alpha value is -2.28. The molecular formula is C16H18IN5O2. The van der Waals surface area contributed by atoms with Crippen LogP contribution in [0.1, 0.15) is 25.8 Å². The van der Waals surface area contributed by atoms with E-state index >= 15 is 0 Å². The van der Waals surface area contributed by atoms with Gasteiger partial charge in [0.1, 0.15) is 17.5 Å². The first-order valence-corrected chi connectivity index (χ1v) is 8.52. The van der Waals surface area contributed by atoms with Gasteiger partial charge in [0.05, 0.1) is 22.5 Å². The Morgan fingerprint density at radius 1 is 1.21 bits per heavy atom. The van der Waals surface area contributed by atoms with Crippen LogP contribution in [0.4, 0.5) is 11.8 Å². The molecule has 0 aliphatic rings. The van der Waals surface area contributed by atoms with Gasteiger partial charge in [-0.2, -0.15) is 10.2 Å². The molecule has 7 nitrogen and oxygen atoms in total. The van der Waals surface area contributed by atoms with E-state index in [-0.39, 0.29) is 17.3 Å². The first kappa shape index (κ1) is 18.1. The van der Waals surface area contributed by atoms with Crippen LogP contribution in [-0.4, -0.2) is 23.2 Å². The van der Waals surface area contributed by atoms with Crippen molar-refractivity contribution in [1.29, 1.82) is 5.26 Å². The number of rotatable bonds is 6. The topological polar surface area (TPSA) is 120 Å². The van der Waals surface area contributed by atoms with Crippen molar-refractivity contribution in [2.45, 2.75) is 20.3 Å². The van der Waals surface area contributed by atoms with E-state index in [1.165, 1.54) is 0 Å². The van der Waals surface area contributed by atoms with Crippen LogP contribution < -0.4 is 20.9 Å². The number of nitrogens with zero attached hydrogens (tertiary/aromatic N) is 3. The number of hydrogen-bond donors (Lipinski definition) is 2. The maximum atomic E-state index is 9.36. The second-order valence-electron chi connectivity index (χ2n) is 4.87. The predicted octanol–water partition coefficient (Wildman–Crippen LogP) is 2.97. The van der Waals surface area contributed by atoms with Gasteiger partial charge >= 0.3 is 0 Å². The highest BCUT2D eigenvalue weighted by Crippen LogP contribution is 2.38. The van der Waals surface area contributed by atoms with Gasteiger partial charge in [-0.15, -0.1) is 0 Å². The number of nitriles is 1. The Balaban J connectivity index is 2.63. The molecule has 1 aromatic carbocycles. The molecular weight excluding hydrogens is 421 g/mol. The van der Waals surface area contributed by atoms with E-state index in [9.17, 15) is 5.26 Å². The Morgan fingerprint density at radius 3 is 2.58 bits per heavy atom. The number of hydrogen-bond acceptors (Lipinski definition) is 7. The number of benzene rings is 1. The van der Waals surface area contributed by atoms with E-state index in [0.717, 1.165) is 9.99 Å². The third-order valence-corrected chi connectivity index (χ3v) is 3.90. The summed E-state index contributed by atoms with van der Waals surface area (Å²) in [5.74, 6) is 1.34. The van der Waals surface area contributed by atoms with Gasteiger partial charge in [0.15, 0.2) is 11.5 Å². The van der Waals surface area contributed by atoms with Crippen molar-refractivity contribution in [3.05, 3.63) is 21.3 Å². The zero-order valence-corrected chi connectivity index (χ0v) is 15.6. The fraction of sp³-hybridized carbons (Fsp3) is 0.312. The quantitative estimate of drug-likeness (QED) is 0.664. The first-order chi connectivity index (χ1) is 11.5. The van der Waals surface area contributed by atoms with E-state index in [1.807, 2.05) is 26.0 Å². The fourth-order valence-corrected chi connectivity index (χ4v) is 2.88. The summed E-state index contributed by atoms with van der Waals surface area (Å²) in [6, 6.07) is 5.66. The number of nitrogen functional groups attached to an aromatic ring is 2. The number of aromatic nitrogens is 2. The van der Waals surface area contributed by atoms with Gasteiger partial charge in [-0.3, -0.25) is 0 Å². The number of nitrogens with two attached hydrogens (primary N) is 2. The first-order valence-electron chi connectivity index (χ1n) is 7.44. The molecule has 0 aliphatic carbocycles. The third kappa shape index (κ3) is 3.79. The summed E-state index contributed by atoms with van der Waals surface area (Å²) >= 11 is 2.17. The van der Waals surface area contributed by atoms with Crippen LogP contribution in [0.5, 0.6) is 11.5 Å². The number of halogens is 1. The predicted molar refractivity (Wildman–Crippen MR) is 101 cm³/mol. The SMILES string of the molecule is CCCOc1c(I)cc(-c2nc(N)nc(N)c2C#N)cc1OCC. The van der Waals surface area contributed by atoms with Crippen molar-refractivity contribution in [3.63, 3.8) is 0 Å². The fourth-order valence-electron chi connectivity index (χ4n) is 2.13. The monoisotopic (exact) mass is 439 g/mol. The molecule has 0 fully saturated rings. The smallest absolute Gasteiger partial charge is 0.222 e. The van der Waals surface area contributed by atoms with Crippen LogP contribution in [-0.2, 0) is 0 Å². The standard InChI is InChI=1S/C16H18IN5O2/c1-3-5-24-14-11(17)6-9(7-12(14)23-4-2)13-10(8-18)15(19)22-16(20)21-13/h6-7H,3-5H2,1-2H3,(H4,19,20,21,22). The molecule has 0 saturated carbocycles. The second-order valence-corrected chi connectivity index (χ2v) is 6.03. The van der Waals surface area contributed by atoms with Gasteiger partial charge in [-0.1, -0.05) is 6.92 Å². The van der Waals surface area contributed by atoms with Crippen molar-refractivity contribution >= 4 is 34.4 Å². The van der Waals surface area contributed by atoms with Gasteiger partial charge in [0.25, 0.3) is 0 Å². The average molecular weight is 439 g/mol. The molecule has 0 spiro atoms. The van der Waals surface area contributed by atoms with Crippen LogP contribution >= 0.6 is 22.6 Å². The molecule has 0 amide bonds. The van der Waals surface area contributed by atoms with Crippen LogP contribution in [0.3, 0.4) is 0 Å². The molecule has 0 saturated heterocycles. The van der Waals surface area contributed by atoms with Crippen molar-refractivity contribution in [1.82, 2.24) is 9.97 Å². The number of anilines is 2. The highest BCUT2D eigenvalue weighted by Gasteiger charge is 2.18. The van der Waals surface area contributed by atoms with E-state index in [4.69, 9.17) is 20.9 Å². The maximum absolute atomic E-state index is 9.36. The molecule has 2 aromatic rings. The van der Waals surface area contributed by atoms with E-state index in [1.54, 1.807) is 6.07 Å². The lowest BCUT2D eigenvalue weighted by Crippen LogP contribution is -2.06. The van der Waals surface area contributed by atoms with Gasteiger partial charge in [0, 0.05) is 5.56 Å². The summed E-state index contributed by atoms with van der Waals surface area (Å²) in [4.78, 5) is 8.01. The second kappa shape index (κ2) is 8.01. The zero-order valence-electron chi connectivity index (χ0n) is 13.5. The minimum Gasteiger partial charge on any atom is -0.490 e. The van der Waals surface area contributed by atoms with E-state index < -0.39 is 0 Å². The normalized spacial score (nSPS) is 10.2. The summed E-state index contributed by atoms with van der Waals surface area (Å²) in [7, 11) is 0. The van der Waals surface area contributed by atoms with Crippen molar-refractivity contribution < 1.29 is 9.47 Å². The van der Waals surface area contributed by atoms with Gasteiger partial charge < -0.3 is 20.9 Å². The molecule has 1 aromatic heterocycles. The Morgan fingerprint density at radius 2 is 1.96 bits per heavy atom. The molecule has 1 heterocycles. The lowest BCUT2D eigenvalue weighted by atomic mass is 10.1. The summed E-state index contributed by atoms with van der Waals surface area (Å²) in [6.45, 7) is 5.01. The summed E-state index contributed by atoms with van der Waals surface area (Å²) < 4.78 is 12.3. The van der Waals surface area contributed by atoms with E-state index in [2.05, 4.69) is 32.6 Å². The van der Waals surface area contributed by atoms with Crippen LogP contribution in [0.2, 0.25) is 0 Å². The summed E-state index contributed by atoms with van der Waals surface area (Å²) in [5, 5.41) is 9.36. The average Bonchev–Trinajstić information content (AvgIpc) is 2.53. The summed E-state index contributed by atoms with van der Waals surface area (Å²) in [5.41, 5.74) is 12.7. The minimum atomic E-state index is 0.0146. The molecule has 0 bridgehead atoms. The molecule has 24 heavy (non-hydrogen) atoms. The van der Waals surface area contributed by atoms with Crippen LogP contribution in [0, 0.1) is 14.9 Å².